The van der Waals surface area contributed by atoms with Gasteiger partial charge in [-0.1, -0.05) is 5.16 Å². The van der Waals surface area contributed by atoms with Crippen LogP contribution in [0.15, 0.2) is 16.8 Å². The molecule has 0 atom stereocenters. The summed E-state index contributed by atoms with van der Waals surface area (Å²) in [5.74, 6) is 0.354. The number of carbonyl (C=O) groups excluding carboxylic acids is 1. The number of aromatic nitrogens is 1. The summed E-state index contributed by atoms with van der Waals surface area (Å²) in [6, 6.07) is 1.42. The molecule has 2 amide bonds. The van der Waals surface area contributed by atoms with Gasteiger partial charge in [0.1, 0.15) is 0 Å². The maximum absolute atomic E-state index is 11.8. The number of hydrogen-bond acceptors (Lipinski definition) is 5. The number of rotatable bonds is 3. The van der Waals surface area contributed by atoms with Crippen molar-refractivity contribution in [3.8, 4) is 0 Å². The molecular weight excluding hydrogens is 224 g/mol. The third kappa shape index (κ3) is 3.18. The predicted octanol–water partition coefficient (Wildman–Crippen LogP) is -0.184. The molecule has 1 aliphatic heterocycles. The van der Waals surface area contributed by atoms with Crippen LogP contribution in [0.5, 0.6) is 0 Å². The minimum atomic E-state index is -0.176. The average Bonchev–Trinajstić information content (AvgIpc) is 2.83. The molecule has 7 heteroatoms. The van der Waals surface area contributed by atoms with Gasteiger partial charge in [0.25, 0.3) is 0 Å². The number of aliphatic hydroxyl groups is 1. The summed E-state index contributed by atoms with van der Waals surface area (Å²) in [5, 5.41) is 15.0. The Morgan fingerprint density at radius 3 is 2.82 bits per heavy atom. The van der Waals surface area contributed by atoms with Crippen LogP contribution in [0.2, 0.25) is 0 Å². The van der Waals surface area contributed by atoms with E-state index in [2.05, 4.69) is 15.4 Å². The summed E-state index contributed by atoms with van der Waals surface area (Å²) in [4.78, 5) is 15.6. The number of β-amino-alcohol motifs (C(OH)–C–C–N with tert-alkyl or cyclic N) is 1. The summed E-state index contributed by atoms with van der Waals surface area (Å²) in [5.41, 5.74) is 0. The third-order valence-corrected chi connectivity index (χ3v) is 2.74. The van der Waals surface area contributed by atoms with Crippen molar-refractivity contribution in [3.05, 3.63) is 12.3 Å². The van der Waals surface area contributed by atoms with Crippen LogP contribution in [0.25, 0.3) is 0 Å². The zero-order chi connectivity index (χ0) is 12.1. The van der Waals surface area contributed by atoms with E-state index in [-0.39, 0.29) is 12.6 Å². The van der Waals surface area contributed by atoms with Gasteiger partial charge < -0.3 is 14.5 Å². The van der Waals surface area contributed by atoms with Gasteiger partial charge in [-0.05, 0) is 0 Å². The number of amides is 2. The van der Waals surface area contributed by atoms with Crippen molar-refractivity contribution in [2.45, 2.75) is 0 Å². The van der Waals surface area contributed by atoms with Gasteiger partial charge in [-0.15, -0.1) is 0 Å². The Morgan fingerprint density at radius 1 is 1.47 bits per heavy atom. The van der Waals surface area contributed by atoms with Crippen LogP contribution in [0.4, 0.5) is 10.7 Å². The molecule has 0 spiro atoms. The highest BCUT2D eigenvalue weighted by molar-refractivity contribution is 5.87. The number of carbonyl (C=O) groups is 1. The first-order valence-corrected chi connectivity index (χ1v) is 5.59. The van der Waals surface area contributed by atoms with Crippen LogP contribution in [0.3, 0.4) is 0 Å². The first-order valence-electron chi connectivity index (χ1n) is 5.59. The maximum Gasteiger partial charge on any atom is 0.324 e. The van der Waals surface area contributed by atoms with Crippen LogP contribution in [0.1, 0.15) is 0 Å². The lowest BCUT2D eigenvalue weighted by Crippen LogP contribution is -2.50. The molecule has 0 saturated carbocycles. The monoisotopic (exact) mass is 240 g/mol. The fourth-order valence-corrected chi connectivity index (χ4v) is 1.78. The van der Waals surface area contributed by atoms with Crippen molar-refractivity contribution >= 4 is 11.9 Å². The van der Waals surface area contributed by atoms with E-state index in [9.17, 15) is 4.79 Å². The fraction of sp³-hybridized carbons (Fsp3) is 0.600. The number of piperazine rings is 1. The second kappa shape index (κ2) is 5.65. The van der Waals surface area contributed by atoms with Crippen LogP contribution in [-0.2, 0) is 0 Å². The molecule has 2 N–H and O–H groups in total. The van der Waals surface area contributed by atoms with Crippen LogP contribution in [0, 0.1) is 0 Å². The molecule has 1 aromatic heterocycles. The van der Waals surface area contributed by atoms with Crippen molar-refractivity contribution in [2.75, 3.05) is 44.6 Å². The summed E-state index contributed by atoms with van der Waals surface area (Å²) in [6.45, 7) is 3.69. The van der Waals surface area contributed by atoms with Gasteiger partial charge in [0.05, 0.1) is 12.8 Å². The van der Waals surface area contributed by atoms with Gasteiger partial charge in [-0.25, -0.2) is 4.79 Å². The Morgan fingerprint density at radius 2 is 2.24 bits per heavy atom. The minimum Gasteiger partial charge on any atom is -0.395 e. The Labute approximate surface area is 99.0 Å². The second-order valence-corrected chi connectivity index (χ2v) is 3.86. The van der Waals surface area contributed by atoms with E-state index in [1.807, 2.05) is 0 Å². The molecule has 2 rings (SSSR count). The number of nitrogens with zero attached hydrogens (tertiary/aromatic N) is 3. The number of hydrogen-bond donors (Lipinski definition) is 2. The second-order valence-electron chi connectivity index (χ2n) is 3.86. The molecule has 17 heavy (non-hydrogen) atoms. The van der Waals surface area contributed by atoms with Crippen molar-refractivity contribution < 1.29 is 14.4 Å². The SMILES string of the molecule is O=C(Nc1ccno1)N1CCN(CCO)CC1. The molecule has 1 aromatic rings. The molecule has 94 valence electrons. The molecule has 0 bridgehead atoms. The molecule has 0 unspecified atom stereocenters. The average molecular weight is 240 g/mol. The topological polar surface area (TPSA) is 81.8 Å². The Hall–Kier alpha value is -1.60. The maximum atomic E-state index is 11.8. The van der Waals surface area contributed by atoms with E-state index in [1.165, 1.54) is 6.20 Å². The molecule has 1 fully saturated rings. The molecular formula is C10H16N4O3. The number of nitrogens with one attached hydrogen (secondary N) is 1. The zero-order valence-corrected chi connectivity index (χ0v) is 9.50. The van der Waals surface area contributed by atoms with E-state index >= 15 is 0 Å². The summed E-state index contributed by atoms with van der Waals surface area (Å²) in [7, 11) is 0. The van der Waals surface area contributed by atoms with Crippen molar-refractivity contribution in [2.24, 2.45) is 0 Å². The zero-order valence-electron chi connectivity index (χ0n) is 9.50. The number of anilines is 1. The van der Waals surface area contributed by atoms with Gasteiger partial charge in [0.15, 0.2) is 0 Å². The lowest BCUT2D eigenvalue weighted by atomic mass is 10.3. The first-order chi connectivity index (χ1) is 8.29. The van der Waals surface area contributed by atoms with E-state index in [0.29, 0.717) is 25.5 Å². The highest BCUT2D eigenvalue weighted by atomic mass is 16.5. The van der Waals surface area contributed by atoms with Crippen molar-refractivity contribution in [3.63, 3.8) is 0 Å². The van der Waals surface area contributed by atoms with Gasteiger partial charge in [-0.2, -0.15) is 0 Å². The molecule has 2 heterocycles. The summed E-state index contributed by atoms with van der Waals surface area (Å²) >= 11 is 0. The molecule has 7 nitrogen and oxygen atoms in total. The summed E-state index contributed by atoms with van der Waals surface area (Å²) < 4.78 is 4.80. The highest BCUT2D eigenvalue weighted by Crippen LogP contribution is 2.07. The van der Waals surface area contributed by atoms with Gasteiger partial charge in [0.2, 0.25) is 5.88 Å². The molecule has 0 aliphatic carbocycles. The summed E-state index contributed by atoms with van der Waals surface area (Å²) in [6.07, 6.45) is 1.48. The van der Waals surface area contributed by atoms with Crippen LogP contribution in [-0.4, -0.2) is 65.4 Å². The van der Waals surface area contributed by atoms with Crippen molar-refractivity contribution in [1.82, 2.24) is 15.0 Å². The Balaban J connectivity index is 1.78. The quantitative estimate of drug-likeness (QED) is 0.765. The normalized spacial score (nSPS) is 17.1. The molecule has 1 saturated heterocycles. The minimum absolute atomic E-state index is 0.157. The lowest BCUT2D eigenvalue weighted by molar-refractivity contribution is 0.127. The standard InChI is InChI=1S/C10H16N4O3/c15-8-7-13-3-5-14(6-4-13)10(16)12-9-1-2-11-17-9/h1-2,15H,3-8H2,(H,12,16). The third-order valence-electron chi connectivity index (χ3n) is 2.74. The molecule has 0 radical (unpaired) electrons. The van der Waals surface area contributed by atoms with E-state index < -0.39 is 0 Å². The van der Waals surface area contributed by atoms with E-state index in [0.717, 1.165) is 13.1 Å². The van der Waals surface area contributed by atoms with Crippen molar-refractivity contribution in [1.29, 1.82) is 0 Å². The Bertz CT molecular complexity index is 346. The Kier molecular flexibility index (Phi) is 3.94. The van der Waals surface area contributed by atoms with Gasteiger partial charge >= 0.3 is 6.03 Å². The largest absolute Gasteiger partial charge is 0.395 e. The predicted molar refractivity (Wildman–Crippen MR) is 60.6 cm³/mol. The first kappa shape index (κ1) is 11.9. The van der Waals surface area contributed by atoms with Crippen LogP contribution >= 0.6 is 0 Å². The van der Waals surface area contributed by atoms with E-state index in [4.69, 9.17) is 9.63 Å². The van der Waals surface area contributed by atoms with Crippen LogP contribution < -0.4 is 5.32 Å². The number of aliphatic hydroxyl groups excluding tert-OH is 1. The van der Waals surface area contributed by atoms with Gasteiger partial charge in [-0.3, -0.25) is 10.2 Å². The van der Waals surface area contributed by atoms with Gasteiger partial charge in [0, 0.05) is 38.8 Å². The smallest absolute Gasteiger partial charge is 0.324 e. The molecule has 1 aliphatic rings. The van der Waals surface area contributed by atoms with E-state index in [1.54, 1.807) is 11.0 Å². The number of urea groups is 1. The molecule has 0 aromatic carbocycles. The fourth-order valence-electron chi connectivity index (χ4n) is 1.78. The highest BCUT2D eigenvalue weighted by Gasteiger charge is 2.21. The lowest BCUT2D eigenvalue weighted by Gasteiger charge is -2.33.